The van der Waals surface area contributed by atoms with Crippen LogP contribution >= 0.6 is 0 Å². The van der Waals surface area contributed by atoms with Crippen LogP contribution in [-0.4, -0.2) is 26.2 Å². The molecule has 5 rings (SSSR count). The average molecular weight is 544 g/mol. The number of rotatable bonds is 8. The van der Waals surface area contributed by atoms with Crippen LogP contribution in [0, 0.1) is 5.82 Å². The van der Waals surface area contributed by atoms with Crippen molar-refractivity contribution in [2.24, 2.45) is 5.10 Å². The van der Waals surface area contributed by atoms with Gasteiger partial charge in [-0.25, -0.2) is 19.8 Å². The Bertz CT molecular complexity index is 1620. The van der Waals surface area contributed by atoms with E-state index in [2.05, 4.69) is 35.8 Å². The van der Waals surface area contributed by atoms with E-state index in [9.17, 15) is 17.6 Å². The molecule has 2 N–H and O–H groups in total. The molecule has 0 aliphatic rings. The Balaban J connectivity index is 1.24. The van der Waals surface area contributed by atoms with Crippen LogP contribution in [0.25, 0.3) is 11.3 Å². The number of aromatic nitrogens is 4. The quantitative estimate of drug-likeness (QED) is 0.126. The van der Waals surface area contributed by atoms with Gasteiger partial charge in [0.2, 0.25) is 5.95 Å². The summed E-state index contributed by atoms with van der Waals surface area (Å²) in [5, 5.41) is 6.94. The third-order valence-electron chi connectivity index (χ3n) is 5.69. The minimum Gasteiger partial charge on any atom is -0.354 e. The monoisotopic (exact) mass is 543 g/mol. The molecule has 3 aromatic heterocycles. The Morgan fingerprint density at radius 1 is 0.800 bits per heavy atom. The molecular weight excluding hydrogens is 522 g/mol. The molecular formula is C29H21F4N7. The van der Waals surface area contributed by atoms with E-state index < -0.39 is 17.6 Å². The molecule has 0 atom stereocenters. The second-order valence-corrected chi connectivity index (χ2v) is 8.68. The lowest BCUT2D eigenvalue weighted by Crippen LogP contribution is -2.05. The molecule has 3 heterocycles. The van der Waals surface area contributed by atoms with E-state index in [-0.39, 0.29) is 17.3 Å². The van der Waals surface area contributed by atoms with Crippen LogP contribution in [0.15, 0.2) is 103 Å². The third-order valence-corrected chi connectivity index (χ3v) is 5.69. The summed E-state index contributed by atoms with van der Waals surface area (Å²) in [7, 11) is 0. The summed E-state index contributed by atoms with van der Waals surface area (Å²) in [6, 6.07) is 19.9. The number of alkyl halides is 3. The van der Waals surface area contributed by atoms with Crippen molar-refractivity contribution in [1.82, 2.24) is 19.9 Å². The van der Waals surface area contributed by atoms with Crippen molar-refractivity contribution in [1.29, 1.82) is 0 Å². The first-order valence-electron chi connectivity index (χ1n) is 12.0. The molecule has 200 valence electrons. The van der Waals surface area contributed by atoms with Gasteiger partial charge in [-0.2, -0.15) is 18.3 Å². The summed E-state index contributed by atoms with van der Waals surface area (Å²) in [5.41, 5.74) is 5.75. The number of hydrogen-bond donors (Lipinski definition) is 2. The van der Waals surface area contributed by atoms with Crippen LogP contribution in [0.1, 0.15) is 22.4 Å². The summed E-state index contributed by atoms with van der Waals surface area (Å²) in [5.74, 6) is -0.525. The minimum atomic E-state index is -4.43. The first-order chi connectivity index (χ1) is 19.3. The standard InChI is InChI=1S/C29H21F4N7/c30-26-18-36-28(39-27(26)21-12-20(14-34-15-21)11-19-5-2-1-3-6-19)40-37-17-24-9-10-25(16-35-24)38-23-8-4-7-22(13-23)29(31,32)33/h1-10,12-18,38H,11H2,(H,36,39,40)/b37-17+. The highest BCUT2D eigenvalue weighted by Crippen LogP contribution is 2.31. The summed E-state index contributed by atoms with van der Waals surface area (Å²) >= 11 is 0. The van der Waals surface area contributed by atoms with Crippen LogP contribution in [0.4, 0.5) is 34.9 Å². The molecule has 0 unspecified atom stereocenters. The van der Waals surface area contributed by atoms with Crippen molar-refractivity contribution >= 4 is 23.5 Å². The second kappa shape index (κ2) is 11.7. The fourth-order valence-corrected chi connectivity index (χ4v) is 3.82. The number of benzene rings is 2. The average Bonchev–Trinajstić information content (AvgIpc) is 2.95. The zero-order chi connectivity index (χ0) is 28.0. The fourth-order valence-electron chi connectivity index (χ4n) is 3.82. The summed E-state index contributed by atoms with van der Waals surface area (Å²) in [6.45, 7) is 0. The Morgan fingerprint density at radius 3 is 2.42 bits per heavy atom. The van der Waals surface area contributed by atoms with E-state index in [1.54, 1.807) is 18.3 Å². The van der Waals surface area contributed by atoms with Gasteiger partial charge in [0.05, 0.1) is 35.6 Å². The predicted molar refractivity (Wildman–Crippen MR) is 145 cm³/mol. The maximum Gasteiger partial charge on any atom is 0.416 e. The normalized spacial score (nSPS) is 11.5. The van der Waals surface area contributed by atoms with Crippen LogP contribution in [0.3, 0.4) is 0 Å². The number of hydrazone groups is 1. The molecule has 0 spiro atoms. The number of hydrogen-bond acceptors (Lipinski definition) is 7. The molecule has 0 aliphatic heterocycles. The Labute approximate surface area is 226 Å². The zero-order valence-corrected chi connectivity index (χ0v) is 20.8. The molecule has 7 nitrogen and oxygen atoms in total. The lowest BCUT2D eigenvalue weighted by Gasteiger charge is -2.10. The molecule has 0 aliphatic carbocycles. The maximum absolute atomic E-state index is 14.6. The van der Waals surface area contributed by atoms with E-state index in [4.69, 9.17) is 0 Å². The van der Waals surface area contributed by atoms with E-state index >= 15 is 0 Å². The van der Waals surface area contributed by atoms with Gasteiger partial charge in [-0.05, 0) is 53.9 Å². The summed E-state index contributed by atoms with van der Waals surface area (Å²) < 4.78 is 53.4. The van der Waals surface area contributed by atoms with Gasteiger partial charge in [0.1, 0.15) is 5.69 Å². The van der Waals surface area contributed by atoms with Crippen molar-refractivity contribution in [3.63, 3.8) is 0 Å². The van der Waals surface area contributed by atoms with E-state index in [1.807, 2.05) is 36.4 Å². The second-order valence-electron chi connectivity index (χ2n) is 8.68. The van der Waals surface area contributed by atoms with Gasteiger partial charge in [0.25, 0.3) is 0 Å². The molecule has 2 aromatic carbocycles. The van der Waals surface area contributed by atoms with Gasteiger partial charge in [-0.3, -0.25) is 9.97 Å². The number of anilines is 3. The number of halogens is 4. The summed E-state index contributed by atoms with van der Waals surface area (Å²) in [6.07, 6.45) is 3.40. The largest absolute Gasteiger partial charge is 0.416 e. The first-order valence-corrected chi connectivity index (χ1v) is 12.0. The highest BCUT2D eigenvalue weighted by atomic mass is 19.4. The molecule has 0 radical (unpaired) electrons. The first kappa shape index (κ1) is 26.4. The van der Waals surface area contributed by atoms with E-state index in [0.717, 1.165) is 29.5 Å². The van der Waals surface area contributed by atoms with Gasteiger partial charge >= 0.3 is 6.18 Å². The van der Waals surface area contributed by atoms with E-state index in [0.29, 0.717) is 23.4 Å². The SMILES string of the molecule is Fc1cnc(N/N=C/c2ccc(Nc3cccc(C(F)(F)F)c3)cn2)nc1-c1cncc(Cc2ccccc2)c1. The predicted octanol–water partition coefficient (Wildman–Crippen LogP) is 6.87. The minimum absolute atomic E-state index is 0.0731. The summed E-state index contributed by atoms with van der Waals surface area (Å²) in [4.78, 5) is 16.6. The Hall–Kier alpha value is -5.19. The lowest BCUT2D eigenvalue weighted by atomic mass is 10.0. The highest BCUT2D eigenvalue weighted by molar-refractivity contribution is 5.78. The van der Waals surface area contributed by atoms with Gasteiger partial charge in [0, 0.05) is 23.6 Å². The van der Waals surface area contributed by atoms with Crippen LogP contribution in [-0.2, 0) is 12.6 Å². The molecule has 0 saturated carbocycles. The number of nitrogens with zero attached hydrogens (tertiary/aromatic N) is 5. The van der Waals surface area contributed by atoms with Crippen molar-refractivity contribution in [2.45, 2.75) is 12.6 Å². The smallest absolute Gasteiger partial charge is 0.354 e. The molecule has 0 bridgehead atoms. The van der Waals surface area contributed by atoms with Crippen molar-refractivity contribution < 1.29 is 17.6 Å². The fraction of sp³-hybridized carbons (Fsp3) is 0.0690. The van der Waals surface area contributed by atoms with Crippen molar-refractivity contribution in [2.75, 3.05) is 10.7 Å². The molecule has 5 aromatic rings. The van der Waals surface area contributed by atoms with Crippen LogP contribution in [0.5, 0.6) is 0 Å². The molecule has 0 fully saturated rings. The van der Waals surface area contributed by atoms with Crippen molar-refractivity contribution in [3.8, 4) is 11.3 Å². The Kier molecular flexibility index (Phi) is 7.72. The van der Waals surface area contributed by atoms with Gasteiger partial charge < -0.3 is 5.32 Å². The van der Waals surface area contributed by atoms with E-state index in [1.165, 1.54) is 30.7 Å². The Morgan fingerprint density at radius 2 is 1.65 bits per heavy atom. The van der Waals surface area contributed by atoms with Crippen LogP contribution in [0.2, 0.25) is 0 Å². The third kappa shape index (κ3) is 6.81. The lowest BCUT2D eigenvalue weighted by molar-refractivity contribution is -0.137. The number of nitrogens with one attached hydrogen (secondary N) is 2. The van der Waals surface area contributed by atoms with Gasteiger partial charge in [-0.15, -0.1) is 0 Å². The van der Waals surface area contributed by atoms with Gasteiger partial charge in [-0.1, -0.05) is 36.4 Å². The van der Waals surface area contributed by atoms with Crippen LogP contribution < -0.4 is 10.7 Å². The van der Waals surface area contributed by atoms with Crippen molar-refractivity contribution in [3.05, 3.63) is 126 Å². The zero-order valence-electron chi connectivity index (χ0n) is 20.8. The van der Waals surface area contributed by atoms with Gasteiger partial charge in [0.15, 0.2) is 5.82 Å². The molecule has 0 saturated heterocycles. The maximum atomic E-state index is 14.6. The molecule has 40 heavy (non-hydrogen) atoms. The molecule has 11 heteroatoms. The molecule has 0 amide bonds. The topological polar surface area (TPSA) is 88.0 Å². The number of pyridine rings is 2. The highest BCUT2D eigenvalue weighted by Gasteiger charge is 2.30.